The molecule has 14 nitrogen and oxygen atoms in total. The second-order valence-corrected chi connectivity index (χ2v) is 9.30. The van der Waals surface area contributed by atoms with Crippen LogP contribution in [0.3, 0.4) is 0 Å². The number of carbonyl (C=O) groups is 4. The van der Waals surface area contributed by atoms with Crippen LogP contribution in [0.1, 0.15) is 51.6 Å². The third-order valence-electron chi connectivity index (χ3n) is 6.50. The second-order valence-electron chi connectivity index (χ2n) is 9.30. The average Bonchev–Trinajstić information content (AvgIpc) is 3.55. The van der Waals surface area contributed by atoms with E-state index in [1.165, 1.54) is 11.2 Å². The minimum absolute atomic E-state index is 0.0999. The van der Waals surface area contributed by atoms with E-state index in [2.05, 4.69) is 25.6 Å². The quantitative estimate of drug-likeness (QED) is 0.0848. The summed E-state index contributed by atoms with van der Waals surface area (Å²) in [5.41, 5.74) is 17.4. The van der Waals surface area contributed by atoms with Gasteiger partial charge < -0.3 is 42.8 Å². The summed E-state index contributed by atoms with van der Waals surface area (Å²) in [4.78, 5) is 63.1. The lowest BCUT2D eigenvalue weighted by molar-refractivity contribution is -0.143. The van der Waals surface area contributed by atoms with Gasteiger partial charge in [-0.3, -0.25) is 19.4 Å². The summed E-state index contributed by atoms with van der Waals surface area (Å²) in [5.74, 6) is -3.02. The van der Waals surface area contributed by atoms with Gasteiger partial charge in [0.05, 0.1) is 12.4 Å². The molecular formula is C23H39N9O5. The Morgan fingerprint density at radius 3 is 2.62 bits per heavy atom. The Bertz CT molecular complexity index is 948. The maximum Gasteiger partial charge on any atom is 0.326 e. The number of nitrogens with two attached hydrogens (primary N) is 3. The summed E-state index contributed by atoms with van der Waals surface area (Å²) in [5, 5.41) is 14.8. The van der Waals surface area contributed by atoms with E-state index in [1.807, 2.05) is 6.92 Å². The molecule has 0 bridgehead atoms. The van der Waals surface area contributed by atoms with Crippen molar-refractivity contribution in [3.05, 3.63) is 18.2 Å². The van der Waals surface area contributed by atoms with Gasteiger partial charge in [0.15, 0.2) is 5.96 Å². The van der Waals surface area contributed by atoms with E-state index in [0.717, 1.165) is 0 Å². The molecule has 0 aromatic carbocycles. The monoisotopic (exact) mass is 521 g/mol. The first-order valence-electron chi connectivity index (χ1n) is 12.5. The molecule has 0 saturated carbocycles. The fourth-order valence-electron chi connectivity index (χ4n) is 4.21. The maximum absolute atomic E-state index is 13.2. The number of carboxylic acid groups (broad SMARTS) is 1. The van der Waals surface area contributed by atoms with Crippen LogP contribution >= 0.6 is 0 Å². The predicted molar refractivity (Wildman–Crippen MR) is 136 cm³/mol. The number of amides is 3. The first-order valence-corrected chi connectivity index (χ1v) is 12.5. The molecule has 5 atom stereocenters. The SMILES string of the molecule is CCC(C)C(NC(=O)C1CCCN1C(=O)C(N)Cc1cnc[nH]1)C(=O)NC(CCCN=C(N)N)C(=O)O. The van der Waals surface area contributed by atoms with Crippen molar-refractivity contribution in [2.45, 2.75) is 76.5 Å². The number of H-pyrrole nitrogens is 1. The summed E-state index contributed by atoms with van der Waals surface area (Å²) in [7, 11) is 0. The third-order valence-corrected chi connectivity index (χ3v) is 6.50. The molecule has 2 heterocycles. The molecule has 3 amide bonds. The van der Waals surface area contributed by atoms with Crippen LogP contribution in [0.15, 0.2) is 17.5 Å². The number of likely N-dealkylation sites (tertiary alicyclic amines) is 1. The molecule has 10 N–H and O–H groups in total. The minimum atomic E-state index is -1.20. The van der Waals surface area contributed by atoms with E-state index in [0.29, 0.717) is 37.9 Å². The van der Waals surface area contributed by atoms with E-state index in [4.69, 9.17) is 17.2 Å². The Labute approximate surface area is 215 Å². The van der Waals surface area contributed by atoms with Gasteiger partial charge in [-0.05, 0) is 31.6 Å². The Kier molecular flexibility index (Phi) is 11.3. The van der Waals surface area contributed by atoms with Gasteiger partial charge in [-0.2, -0.15) is 0 Å². The van der Waals surface area contributed by atoms with Crippen molar-refractivity contribution in [3.8, 4) is 0 Å². The number of nitrogens with one attached hydrogen (secondary N) is 3. The zero-order chi connectivity index (χ0) is 27.5. The number of imidazole rings is 1. The molecule has 37 heavy (non-hydrogen) atoms. The van der Waals surface area contributed by atoms with Crippen LogP contribution in [-0.2, 0) is 25.6 Å². The fourth-order valence-corrected chi connectivity index (χ4v) is 4.21. The normalized spacial score (nSPS) is 18.4. The first kappa shape index (κ1) is 29.5. The van der Waals surface area contributed by atoms with E-state index in [9.17, 15) is 24.3 Å². The number of aliphatic imine (C=N–C) groups is 1. The third kappa shape index (κ3) is 8.74. The number of carbonyl (C=O) groups excluding carboxylic acids is 3. The van der Waals surface area contributed by atoms with Crippen LogP contribution < -0.4 is 27.8 Å². The molecule has 14 heteroatoms. The predicted octanol–water partition coefficient (Wildman–Crippen LogP) is -1.58. The number of aromatic amines is 1. The summed E-state index contributed by atoms with van der Waals surface area (Å²) in [6.45, 7) is 4.25. The molecule has 0 spiro atoms. The molecule has 1 aromatic rings. The van der Waals surface area contributed by atoms with Crippen molar-refractivity contribution in [1.29, 1.82) is 0 Å². The lowest BCUT2D eigenvalue weighted by Gasteiger charge is -2.30. The average molecular weight is 522 g/mol. The van der Waals surface area contributed by atoms with Crippen molar-refractivity contribution in [3.63, 3.8) is 0 Å². The molecule has 5 unspecified atom stereocenters. The van der Waals surface area contributed by atoms with Crippen LogP contribution in [-0.4, -0.2) is 86.9 Å². The smallest absolute Gasteiger partial charge is 0.326 e. The molecule has 1 saturated heterocycles. The van der Waals surface area contributed by atoms with Gasteiger partial charge in [0.25, 0.3) is 0 Å². The van der Waals surface area contributed by atoms with Crippen molar-refractivity contribution < 1.29 is 24.3 Å². The molecule has 0 radical (unpaired) electrons. The van der Waals surface area contributed by atoms with E-state index < -0.39 is 42.0 Å². The minimum Gasteiger partial charge on any atom is -0.480 e. The standard InChI is InChI=1S/C23H39N9O5/c1-3-13(2)18(20(34)30-16(22(36)37)6-4-8-28-23(25)26)31-19(33)17-7-5-9-32(17)21(35)15(24)10-14-11-27-12-29-14/h11-13,15-18H,3-10,24H2,1-2H3,(H,27,29)(H,30,34)(H,31,33)(H,36,37)(H4,25,26,28). The molecule has 1 aliphatic rings. The molecule has 1 aromatic heterocycles. The highest BCUT2D eigenvalue weighted by molar-refractivity contribution is 5.94. The summed E-state index contributed by atoms with van der Waals surface area (Å²) < 4.78 is 0. The van der Waals surface area contributed by atoms with Crippen molar-refractivity contribution in [1.82, 2.24) is 25.5 Å². The number of hydrogen-bond acceptors (Lipinski definition) is 7. The van der Waals surface area contributed by atoms with Gasteiger partial charge in [0.2, 0.25) is 17.7 Å². The van der Waals surface area contributed by atoms with Crippen molar-refractivity contribution >= 4 is 29.7 Å². The maximum atomic E-state index is 13.2. The highest BCUT2D eigenvalue weighted by Gasteiger charge is 2.38. The van der Waals surface area contributed by atoms with Crippen LogP contribution in [0.25, 0.3) is 0 Å². The van der Waals surface area contributed by atoms with Crippen molar-refractivity contribution in [2.75, 3.05) is 13.1 Å². The highest BCUT2D eigenvalue weighted by Crippen LogP contribution is 2.20. The molecule has 206 valence electrons. The lowest BCUT2D eigenvalue weighted by atomic mass is 9.97. The summed E-state index contributed by atoms with van der Waals surface area (Å²) in [6, 6.07) is -3.77. The van der Waals surface area contributed by atoms with E-state index >= 15 is 0 Å². The van der Waals surface area contributed by atoms with Crippen molar-refractivity contribution in [2.24, 2.45) is 28.1 Å². The number of aliphatic carboxylic acids is 1. The van der Waals surface area contributed by atoms with Gasteiger partial charge >= 0.3 is 5.97 Å². The summed E-state index contributed by atoms with van der Waals surface area (Å²) in [6.07, 6.45) is 5.40. The lowest BCUT2D eigenvalue weighted by Crippen LogP contribution is -2.58. The number of hydrogen-bond donors (Lipinski definition) is 7. The number of rotatable bonds is 14. The topological polar surface area (TPSA) is 235 Å². The zero-order valence-electron chi connectivity index (χ0n) is 21.4. The number of nitrogens with zero attached hydrogens (tertiary/aromatic N) is 3. The van der Waals surface area contributed by atoms with Gasteiger partial charge in [-0.1, -0.05) is 20.3 Å². The molecule has 1 fully saturated rings. The Balaban J connectivity index is 2.05. The Morgan fingerprint density at radius 2 is 2.03 bits per heavy atom. The molecular weight excluding hydrogens is 482 g/mol. The van der Waals surface area contributed by atoms with Crippen LogP contribution in [0.2, 0.25) is 0 Å². The number of guanidine groups is 1. The van der Waals surface area contributed by atoms with E-state index in [1.54, 1.807) is 13.1 Å². The largest absolute Gasteiger partial charge is 0.480 e. The first-order chi connectivity index (χ1) is 17.5. The Morgan fingerprint density at radius 1 is 1.30 bits per heavy atom. The van der Waals surface area contributed by atoms with Crippen LogP contribution in [0, 0.1) is 5.92 Å². The number of aromatic nitrogens is 2. The summed E-state index contributed by atoms with van der Waals surface area (Å²) >= 11 is 0. The Hall–Kier alpha value is -3.68. The van der Waals surface area contributed by atoms with Gasteiger partial charge in [-0.15, -0.1) is 0 Å². The van der Waals surface area contributed by atoms with Gasteiger partial charge in [0.1, 0.15) is 18.1 Å². The van der Waals surface area contributed by atoms with E-state index in [-0.39, 0.29) is 37.2 Å². The fraction of sp³-hybridized carbons (Fsp3) is 0.652. The zero-order valence-corrected chi connectivity index (χ0v) is 21.4. The van der Waals surface area contributed by atoms with Gasteiger partial charge in [-0.25, -0.2) is 9.78 Å². The van der Waals surface area contributed by atoms with Crippen LogP contribution in [0.5, 0.6) is 0 Å². The van der Waals surface area contributed by atoms with Crippen LogP contribution in [0.4, 0.5) is 0 Å². The molecule has 1 aliphatic heterocycles. The number of carboxylic acids is 1. The molecule has 2 rings (SSSR count). The second kappa shape index (κ2) is 14.2. The molecule has 0 aliphatic carbocycles. The van der Waals surface area contributed by atoms with Gasteiger partial charge in [0, 0.05) is 31.4 Å². The highest BCUT2D eigenvalue weighted by atomic mass is 16.4.